The fraction of sp³-hybridized carbons (Fsp3) is 0.350. The van der Waals surface area contributed by atoms with Gasteiger partial charge in [-0.1, -0.05) is 29.3 Å². The highest BCUT2D eigenvalue weighted by Crippen LogP contribution is 2.33. The van der Waals surface area contributed by atoms with Gasteiger partial charge in [0.15, 0.2) is 0 Å². The Morgan fingerprint density at radius 2 is 1.79 bits per heavy atom. The molecule has 28 heavy (non-hydrogen) atoms. The first-order valence-electron chi connectivity index (χ1n) is 8.78. The summed E-state index contributed by atoms with van der Waals surface area (Å²) in [4.78, 5) is 14.5. The van der Waals surface area contributed by atoms with Crippen molar-refractivity contribution in [2.45, 2.75) is 24.6 Å². The molecule has 2 aromatic rings. The molecule has 150 valence electrons. The molecule has 1 aliphatic heterocycles. The fourth-order valence-electron chi connectivity index (χ4n) is 3.55. The number of likely N-dealkylation sites (N-methyl/N-ethyl adjacent to an activating group) is 1. The minimum Gasteiger partial charge on any atom is -0.338 e. The van der Waals surface area contributed by atoms with Gasteiger partial charge in [0.2, 0.25) is 0 Å². The Balaban J connectivity index is 1.83. The van der Waals surface area contributed by atoms with Crippen LogP contribution in [0.5, 0.6) is 0 Å². The first-order valence-corrected chi connectivity index (χ1v) is 9.54. The summed E-state index contributed by atoms with van der Waals surface area (Å²) in [7, 11) is 1.68. The first-order chi connectivity index (χ1) is 13.2. The summed E-state index contributed by atoms with van der Waals surface area (Å²) in [6.45, 7) is 1.40. The molecule has 0 spiro atoms. The van der Waals surface area contributed by atoms with Crippen molar-refractivity contribution in [3.63, 3.8) is 0 Å². The number of piperidine rings is 1. The normalized spacial score (nSPS) is 20.1. The van der Waals surface area contributed by atoms with Gasteiger partial charge in [0.25, 0.3) is 5.91 Å². The van der Waals surface area contributed by atoms with E-state index in [9.17, 15) is 18.0 Å². The monoisotopic (exact) mass is 430 g/mol. The Morgan fingerprint density at radius 3 is 2.39 bits per heavy atom. The molecule has 2 atom stereocenters. The Labute approximate surface area is 171 Å². The zero-order valence-corrected chi connectivity index (χ0v) is 16.6. The van der Waals surface area contributed by atoms with Crippen molar-refractivity contribution >= 4 is 29.1 Å². The second kappa shape index (κ2) is 8.31. The molecule has 0 saturated carbocycles. The number of hydrogen-bond acceptors (Lipinski definition) is 2. The van der Waals surface area contributed by atoms with Crippen molar-refractivity contribution in [1.29, 1.82) is 0 Å². The molecule has 8 heteroatoms. The molecule has 3 rings (SSSR count). The molecule has 1 saturated heterocycles. The van der Waals surface area contributed by atoms with Crippen LogP contribution in [0.1, 0.15) is 33.8 Å². The lowest BCUT2D eigenvalue weighted by Crippen LogP contribution is -2.49. The van der Waals surface area contributed by atoms with E-state index < -0.39 is 11.7 Å². The topological polar surface area (TPSA) is 32.3 Å². The average molecular weight is 431 g/mol. The first kappa shape index (κ1) is 21.0. The van der Waals surface area contributed by atoms with Crippen molar-refractivity contribution in [2.75, 3.05) is 20.1 Å². The summed E-state index contributed by atoms with van der Waals surface area (Å²) in [5.41, 5.74) is 0.405. The molecular weight excluding hydrogens is 412 g/mol. The smallest absolute Gasteiger partial charge is 0.338 e. The van der Waals surface area contributed by atoms with E-state index in [1.807, 2.05) is 6.07 Å². The van der Waals surface area contributed by atoms with Gasteiger partial charge in [-0.2, -0.15) is 13.2 Å². The van der Waals surface area contributed by atoms with Crippen LogP contribution in [0.3, 0.4) is 0 Å². The standard InChI is InChI=1S/C20H19Cl2F3N2O/c1-27(19(28)12-2-5-14(6-3-12)20(23,24)25)18-8-9-26-11-15(18)13-4-7-16(21)17(22)10-13/h2-7,10,15,18,26H,8-9,11H2,1H3. The van der Waals surface area contributed by atoms with E-state index in [4.69, 9.17) is 23.2 Å². The molecule has 0 aromatic heterocycles. The molecular formula is C20H19Cl2F3N2O. The van der Waals surface area contributed by atoms with Crippen LogP contribution in [-0.4, -0.2) is 37.0 Å². The molecule has 3 nitrogen and oxygen atoms in total. The molecule has 1 amide bonds. The van der Waals surface area contributed by atoms with Gasteiger partial charge in [0.05, 0.1) is 15.6 Å². The van der Waals surface area contributed by atoms with Crippen LogP contribution in [0, 0.1) is 0 Å². The van der Waals surface area contributed by atoms with Gasteiger partial charge in [-0.3, -0.25) is 4.79 Å². The summed E-state index contributed by atoms with van der Waals surface area (Å²) in [5.74, 6) is -0.322. The van der Waals surface area contributed by atoms with Crippen molar-refractivity contribution < 1.29 is 18.0 Å². The van der Waals surface area contributed by atoms with Crippen LogP contribution in [0.15, 0.2) is 42.5 Å². The Bertz CT molecular complexity index is 856. The third kappa shape index (κ3) is 4.45. The number of benzene rings is 2. The second-order valence-electron chi connectivity index (χ2n) is 6.83. The molecule has 0 bridgehead atoms. The number of rotatable bonds is 3. The Hall–Kier alpha value is -1.76. The molecule has 2 unspecified atom stereocenters. The summed E-state index contributed by atoms with van der Waals surface area (Å²) in [6, 6.07) is 9.59. The quantitative estimate of drug-likeness (QED) is 0.722. The van der Waals surface area contributed by atoms with Crippen LogP contribution in [0.2, 0.25) is 10.0 Å². The lowest BCUT2D eigenvalue weighted by molar-refractivity contribution is -0.137. The fourth-order valence-corrected chi connectivity index (χ4v) is 3.85. The SMILES string of the molecule is CN(C(=O)c1ccc(C(F)(F)F)cc1)C1CCNCC1c1ccc(Cl)c(Cl)c1. The van der Waals surface area contributed by atoms with Gasteiger partial charge < -0.3 is 10.2 Å². The third-order valence-electron chi connectivity index (χ3n) is 5.09. The maximum atomic E-state index is 12.9. The average Bonchev–Trinajstić information content (AvgIpc) is 2.68. The Kier molecular flexibility index (Phi) is 6.22. The minimum absolute atomic E-state index is 0.00749. The van der Waals surface area contributed by atoms with Crippen molar-refractivity contribution in [2.24, 2.45) is 0 Å². The molecule has 2 aromatic carbocycles. The van der Waals surface area contributed by atoms with Gasteiger partial charge in [0, 0.05) is 31.1 Å². The van der Waals surface area contributed by atoms with Crippen LogP contribution in [0.4, 0.5) is 13.2 Å². The number of carbonyl (C=O) groups excluding carboxylic acids is 1. The number of carbonyl (C=O) groups is 1. The summed E-state index contributed by atoms with van der Waals surface area (Å²) in [5, 5.41) is 4.22. The number of nitrogens with zero attached hydrogens (tertiary/aromatic N) is 1. The van der Waals surface area contributed by atoms with Gasteiger partial charge in [-0.05, 0) is 54.9 Å². The van der Waals surface area contributed by atoms with Gasteiger partial charge >= 0.3 is 6.18 Å². The van der Waals surface area contributed by atoms with E-state index >= 15 is 0 Å². The number of nitrogens with one attached hydrogen (secondary N) is 1. The van der Waals surface area contributed by atoms with Crippen molar-refractivity contribution in [3.05, 3.63) is 69.2 Å². The number of alkyl halides is 3. The summed E-state index contributed by atoms with van der Waals surface area (Å²) < 4.78 is 38.2. The molecule has 0 radical (unpaired) electrons. The third-order valence-corrected chi connectivity index (χ3v) is 5.83. The second-order valence-corrected chi connectivity index (χ2v) is 7.65. The maximum Gasteiger partial charge on any atom is 0.416 e. The Morgan fingerprint density at radius 1 is 1.11 bits per heavy atom. The largest absolute Gasteiger partial charge is 0.416 e. The van der Waals surface area contributed by atoms with Crippen LogP contribution >= 0.6 is 23.2 Å². The van der Waals surface area contributed by atoms with E-state index in [-0.39, 0.29) is 23.4 Å². The number of halogens is 5. The van der Waals surface area contributed by atoms with E-state index in [1.54, 1.807) is 24.1 Å². The van der Waals surface area contributed by atoms with Crippen molar-refractivity contribution in [3.8, 4) is 0 Å². The zero-order chi connectivity index (χ0) is 20.5. The highest BCUT2D eigenvalue weighted by Gasteiger charge is 2.33. The molecule has 1 fully saturated rings. The van der Waals surface area contributed by atoms with Crippen LogP contribution < -0.4 is 5.32 Å². The molecule has 1 heterocycles. The van der Waals surface area contributed by atoms with Gasteiger partial charge in [0.1, 0.15) is 0 Å². The minimum atomic E-state index is -4.43. The summed E-state index contributed by atoms with van der Waals surface area (Å²) in [6.07, 6.45) is -3.71. The highest BCUT2D eigenvalue weighted by atomic mass is 35.5. The predicted molar refractivity (Wildman–Crippen MR) is 104 cm³/mol. The van der Waals surface area contributed by atoms with Gasteiger partial charge in [-0.15, -0.1) is 0 Å². The van der Waals surface area contributed by atoms with Gasteiger partial charge in [-0.25, -0.2) is 0 Å². The summed E-state index contributed by atoms with van der Waals surface area (Å²) >= 11 is 12.1. The zero-order valence-electron chi connectivity index (χ0n) is 15.1. The molecule has 0 aliphatic carbocycles. The van der Waals surface area contributed by atoms with Crippen molar-refractivity contribution in [1.82, 2.24) is 10.2 Å². The van der Waals surface area contributed by atoms with E-state index in [2.05, 4.69) is 5.32 Å². The van der Waals surface area contributed by atoms with E-state index in [0.717, 1.165) is 24.2 Å². The van der Waals surface area contributed by atoms with Crippen LogP contribution in [0.25, 0.3) is 0 Å². The predicted octanol–water partition coefficient (Wildman–Crippen LogP) is 5.23. The lowest BCUT2D eigenvalue weighted by atomic mass is 9.85. The van der Waals surface area contributed by atoms with E-state index in [1.165, 1.54) is 12.1 Å². The highest BCUT2D eigenvalue weighted by molar-refractivity contribution is 6.42. The molecule has 1 aliphatic rings. The van der Waals surface area contributed by atoms with E-state index in [0.29, 0.717) is 23.0 Å². The number of amides is 1. The molecule has 1 N–H and O–H groups in total. The van der Waals surface area contributed by atoms with Crippen LogP contribution in [-0.2, 0) is 6.18 Å². The maximum absolute atomic E-state index is 12.9. The number of hydrogen-bond donors (Lipinski definition) is 1. The lowest BCUT2D eigenvalue weighted by Gasteiger charge is -2.39.